The Bertz CT molecular complexity index is 1280. The van der Waals surface area contributed by atoms with Gasteiger partial charge >= 0.3 is 0 Å². The van der Waals surface area contributed by atoms with E-state index in [2.05, 4.69) is 26.1 Å². The first-order valence-electron chi connectivity index (χ1n) is 11.8. The molecule has 2 aromatic carbocycles. The minimum Gasteiger partial charge on any atom is -0.493 e. The fourth-order valence-corrected chi connectivity index (χ4v) is 4.54. The lowest BCUT2D eigenvalue weighted by Crippen LogP contribution is -2.41. The highest BCUT2D eigenvalue weighted by Crippen LogP contribution is 2.36. The first-order chi connectivity index (χ1) is 17.1. The molecule has 0 fully saturated rings. The van der Waals surface area contributed by atoms with Crippen LogP contribution in [-0.2, 0) is 6.54 Å². The number of rotatable bonds is 6. The van der Waals surface area contributed by atoms with E-state index < -0.39 is 0 Å². The van der Waals surface area contributed by atoms with Crippen molar-refractivity contribution in [3.05, 3.63) is 70.5 Å². The van der Waals surface area contributed by atoms with Crippen molar-refractivity contribution < 1.29 is 19.1 Å². The standard InChI is InChI=1S/C27H31ClN4O4/c1-27(2,3)16-31-15-21-24(30-31)20(29-25(33)18-8-6-7-9-19(18)28)12-13-32(21)26(34)17-10-11-22(35-4)23(14-17)36-5/h6-11,14-15,20H,12-13,16H2,1-5H3,(H,29,33). The number of fused-ring (bicyclic) bond motifs is 1. The number of hydrogen-bond donors (Lipinski definition) is 1. The molecule has 1 aliphatic rings. The third kappa shape index (κ3) is 5.33. The van der Waals surface area contributed by atoms with Gasteiger partial charge in [0.25, 0.3) is 11.8 Å². The van der Waals surface area contributed by atoms with E-state index in [0.717, 1.165) is 0 Å². The van der Waals surface area contributed by atoms with Gasteiger partial charge in [0.1, 0.15) is 5.69 Å². The second-order valence-electron chi connectivity index (χ2n) is 9.98. The number of anilines is 1. The van der Waals surface area contributed by atoms with Crippen LogP contribution in [0.5, 0.6) is 11.5 Å². The van der Waals surface area contributed by atoms with Crippen LogP contribution in [-0.4, -0.2) is 42.4 Å². The Hall–Kier alpha value is -3.52. The number of hydrogen-bond acceptors (Lipinski definition) is 5. The molecule has 0 radical (unpaired) electrons. The lowest BCUT2D eigenvalue weighted by molar-refractivity contribution is 0.0932. The van der Waals surface area contributed by atoms with E-state index in [1.807, 2.05) is 10.9 Å². The molecule has 0 bridgehead atoms. The summed E-state index contributed by atoms with van der Waals surface area (Å²) in [6.45, 7) is 7.43. The molecule has 1 N–H and O–H groups in total. The maximum Gasteiger partial charge on any atom is 0.258 e. The second-order valence-corrected chi connectivity index (χ2v) is 10.4. The number of nitrogens with one attached hydrogen (secondary N) is 1. The molecule has 0 saturated carbocycles. The Labute approximate surface area is 216 Å². The van der Waals surface area contributed by atoms with Gasteiger partial charge in [-0.05, 0) is 42.2 Å². The smallest absolute Gasteiger partial charge is 0.258 e. The van der Waals surface area contributed by atoms with Gasteiger partial charge in [-0.1, -0.05) is 44.5 Å². The van der Waals surface area contributed by atoms with Crippen LogP contribution in [0.1, 0.15) is 59.6 Å². The van der Waals surface area contributed by atoms with E-state index in [4.69, 9.17) is 26.2 Å². The molecule has 2 amide bonds. The summed E-state index contributed by atoms with van der Waals surface area (Å²) < 4.78 is 12.5. The predicted octanol–water partition coefficient (Wildman–Crippen LogP) is 5.12. The minimum atomic E-state index is -0.362. The summed E-state index contributed by atoms with van der Waals surface area (Å²) in [5, 5.41) is 8.26. The van der Waals surface area contributed by atoms with Crippen LogP contribution in [0.4, 0.5) is 5.69 Å². The average molecular weight is 511 g/mol. The van der Waals surface area contributed by atoms with Crippen molar-refractivity contribution in [2.24, 2.45) is 5.41 Å². The molecular weight excluding hydrogens is 480 g/mol. The topological polar surface area (TPSA) is 85.7 Å². The number of carbonyl (C=O) groups excluding carboxylic acids is 2. The maximum absolute atomic E-state index is 13.6. The van der Waals surface area contributed by atoms with Crippen LogP contribution in [0, 0.1) is 5.41 Å². The summed E-state index contributed by atoms with van der Waals surface area (Å²) >= 11 is 6.24. The van der Waals surface area contributed by atoms with Crippen LogP contribution in [0.2, 0.25) is 5.02 Å². The minimum absolute atomic E-state index is 0.0247. The Morgan fingerprint density at radius 2 is 1.83 bits per heavy atom. The zero-order chi connectivity index (χ0) is 26.0. The molecule has 4 rings (SSSR count). The van der Waals surface area contributed by atoms with Crippen LogP contribution in [0.3, 0.4) is 0 Å². The number of amides is 2. The molecular formula is C27H31ClN4O4. The van der Waals surface area contributed by atoms with Gasteiger partial charge in [-0.2, -0.15) is 5.10 Å². The fourth-order valence-electron chi connectivity index (χ4n) is 4.32. The van der Waals surface area contributed by atoms with Gasteiger partial charge < -0.3 is 19.7 Å². The van der Waals surface area contributed by atoms with Gasteiger partial charge in [-0.25, -0.2) is 0 Å². The molecule has 9 heteroatoms. The normalized spacial score (nSPS) is 15.3. The number of methoxy groups -OCH3 is 2. The van der Waals surface area contributed by atoms with Crippen molar-refractivity contribution in [1.29, 1.82) is 0 Å². The van der Waals surface area contributed by atoms with Crippen molar-refractivity contribution in [1.82, 2.24) is 15.1 Å². The fraction of sp³-hybridized carbons (Fsp3) is 0.370. The number of nitrogens with zero attached hydrogens (tertiary/aromatic N) is 3. The summed E-state index contributed by atoms with van der Waals surface area (Å²) in [5.74, 6) is 0.576. The average Bonchev–Trinajstić information content (AvgIpc) is 3.25. The summed E-state index contributed by atoms with van der Waals surface area (Å²) in [6, 6.07) is 11.7. The lowest BCUT2D eigenvalue weighted by atomic mass is 9.97. The highest BCUT2D eigenvalue weighted by atomic mass is 35.5. The van der Waals surface area contributed by atoms with Gasteiger partial charge in [0.2, 0.25) is 0 Å². The monoisotopic (exact) mass is 510 g/mol. The Morgan fingerprint density at radius 3 is 2.50 bits per heavy atom. The summed E-state index contributed by atoms with van der Waals surface area (Å²) in [4.78, 5) is 28.3. The molecule has 1 atom stereocenters. The van der Waals surface area contributed by atoms with Crippen LogP contribution >= 0.6 is 11.6 Å². The summed E-state index contributed by atoms with van der Waals surface area (Å²) in [5.41, 5.74) is 2.18. The van der Waals surface area contributed by atoms with E-state index in [1.54, 1.807) is 54.5 Å². The molecule has 190 valence electrons. The van der Waals surface area contributed by atoms with Crippen LogP contribution < -0.4 is 19.7 Å². The molecule has 1 aliphatic heterocycles. The van der Waals surface area contributed by atoms with Crippen molar-refractivity contribution >= 4 is 29.1 Å². The van der Waals surface area contributed by atoms with Crippen molar-refractivity contribution in [2.45, 2.75) is 39.8 Å². The maximum atomic E-state index is 13.6. The van der Waals surface area contributed by atoms with Gasteiger partial charge in [-0.15, -0.1) is 0 Å². The largest absolute Gasteiger partial charge is 0.493 e. The SMILES string of the molecule is COc1ccc(C(=O)N2CCC(NC(=O)c3ccccc3Cl)c3nn(CC(C)(C)C)cc32)cc1OC. The van der Waals surface area contributed by atoms with Gasteiger partial charge in [0.05, 0.1) is 36.5 Å². The van der Waals surface area contributed by atoms with E-state index in [9.17, 15) is 9.59 Å². The highest BCUT2D eigenvalue weighted by molar-refractivity contribution is 6.33. The molecule has 8 nitrogen and oxygen atoms in total. The molecule has 3 aromatic rings. The summed E-state index contributed by atoms with van der Waals surface area (Å²) in [6.07, 6.45) is 2.39. The van der Waals surface area contributed by atoms with Gasteiger partial charge in [0, 0.05) is 24.8 Å². The van der Waals surface area contributed by atoms with E-state index >= 15 is 0 Å². The molecule has 0 aliphatic carbocycles. The molecule has 1 unspecified atom stereocenters. The van der Waals surface area contributed by atoms with Crippen molar-refractivity contribution in [3.8, 4) is 11.5 Å². The number of aromatic nitrogens is 2. The zero-order valence-electron chi connectivity index (χ0n) is 21.2. The lowest BCUT2D eigenvalue weighted by Gasteiger charge is -2.31. The Kier molecular flexibility index (Phi) is 7.26. The Morgan fingerprint density at radius 1 is 1.11 bits per heavy atom. The van der Waals surface area contributed by atoms with Crippen molar-refractivity contribution in [2.75, 3.05) is 25.7 Å². The summed E-state index contributed by atoms with van der Waals surface area (Å²) in [7, 11) is 3.09. The van der Waals surface area contributed by atoms with Gasteiger partial charge in [0.15, 0.2) is 11.5 Å². The molecule has 36 heavy (non-hydrogen) atoms. The van der Waals surface area contributed by atoms with Gasteiger partial charge in [-0.3, -0.25) is 14.3 Å². The number of ether oxygens (including phenoxy) is 2. The van der Waals surface area contributed by atoms with E-state index in [-0.39, 0.29) is 23.3 Å². The third-order valence-corrected chi connectivity index (χ3v) is 6.30. The Balaban J connectivity index is 1.67. The van der Waals surface area contributed by atoms with E-state index in [0.29, 0.717) is 58.5 Å². The molecule has 2 heterocycles. The number of carbonyl (C=O) groups is 2. The van der Waals surface area contributed by atoms with E-state index in [1.165, 1.54) is 7.11 Å². The molecule has 0 saturated heterocycles. The van der Waals surface area contributed by atoms with Crippen LogP contribution in [0.15, 0.2) is 48.7 Å². The second kappa shape index (κ2) is 10.2. The zero-order valence-corrected chi connectivity index (χ0v) is 21.9. The van der Waals surface area contributed by atoms with Crippen molar-refractivity contribution in [3.63, 3.8) is 0 Å². The first-order valence-corrected chi connectivity index (χ1v) is 12.2. The highest BCUT2D eigenvalue weighted by Gasteiger charge is 2.34. The first kappa shape index (κ1) is 25.6. The number of halogens is 1. The quantitative estimate of drug-likeness (QED) is 0.497. The third-order valence-electron chi connectivity index (χ3n) is 5.97. The molecule has 0 spiro atoms. The molecule has 1 aromatic heterocycles. The predicted molar refractivity (Wildman–Crippen MR) is 139 cm³/mol. The number of benzene rings is 2. The van der Waals surface area contributed by atoms with Crippen LogP contribution in [0.25, 0.3) is 0 Å².